The van der Waals surface area contributed by atoms with Crippen LogP contribution < -0.4 is 4.74 Å². The highest BCUT2D eigenvalue weighted by molar-refractivity contribution is 7.05. The summed E-state index contributed by atoms with van der Waals surface area (Å²) in [5, 5.41) is 14.1. The molecule has 0 radical (unpaired) electrons. The maximum absolute atomic E-state index is 10.2. The van der Waals surface area contributed by atoms with Gasteiger partial charge in [0, 0.05) is 0 Å². The van der Waals surface area contributed by atoms with Crippen LogP contribution in [-0.4, -0.2) is 20.8 Å². The van der Waals surface area contributed by atoms with Gasteiger partial charge in [0.15, 0.2) is 0 Å². The maximum Gasteiger partial charge on any atom is 0.119 e. The lowest BCUT2D eigenvalue weighted by atomic mass is 10.1. The Morgan fingerprint density at radius 3 is 2.61 bits per heavy atom. The number of hydrogen-bond donors (Lipinski definition) is 1. The highest BCUT2D eigenvalue weighted by Gasteiger charge is 2.23. The first-order valence-corrected chi connectivity index (χ1v) is 6.75. The van der Waals surface area contributed by atoms with Gasteiger partial charge in [-0.3, -0.25) is 0 Å². The largest absolute Gasteiger partial charge is 0.490 e. The Balaban J connectivity index is 1.77. The minimum atomic E-state index is -0.653. The van der Waals surface area contributed by atoms with Gasteiger partial charge in [-0.2, -0.15) is 0 Å². The van der Waals surface area contributed by atoms with E-state index in [0.717, 1.165) is 34.7 Å². The van der Waals surface area contributed by atoms with Crippen LogP contribution in [0.15, 0.2) is 24.3 Å². The molecule has 18 heavy (non-hydrogen) atoms. The average Bonchev–Trinajstić information content (AvgIpc) is 3.09. The zero-order chi connectivity index (χ0) is 12.5. The molecule has 0 saturated heterocycles. The van der Waals surface area contributed by atoms with Gasteiger partial charge in [-0.05, 0) is 49.0 Å². The van der Waals surface area contributed by atoms with Crippen molar-refractivity contribution >= 4 is 11.5 Å². The van der Waals surface area contributed by atoms with Gasteiger partial charge >= 0.3 is 0 Å². The van der Waals surface area contributed by atoms with Gasteiger partial charge in [0.2, 0.25) is 0 Å². The van der Waals surface area contributed by atoms with E-state index in [-0.39, 0.29) is 0 Å². The molecule has 4 nitrogen and oxygen atoms in total. The standard InChI is InChI=1S/C13H14N2O2S/c1-8-13(18-15-14-8)12(16)9-2-4-10(5-3-9)17-11-6-7-11/h2-5,11-12,16H,6-7H2,1H3. The number of benzene rings is 1. The number of aliphatic hydroxyl groups excluding tert-OH is 1. The average molecular weight is 262 g/mol. The first-order valence-electron chi connectivity index (χ1n) is 5.97. The van der Waals surface area contributed by atoms with E-state index in [0.29, 0.717) is 6.10 Å². The van der Waals surface area contributed by atoms with Gasteiger partial charge in [0.1, 0.15) is 11.9 Å². The second-order valence-electron chi connectivity index (χ2n) is 4.51. The van der Waals surface area contributed by atoms with E-state index in [4.69, 9.17) is 4.74 Å². The summed E-state index contributed by atoms with van der Waals surface area (Å²) in [6.45, 7) is 1.85. The Hall–Kier alpha value is -1.46. The van der Waals surface area contributed by atoms with Crippen molar-refractivity contribution in [3.05, 3.63) is 40.4 Å². The van der Waals surface area contributed by atoms with Gasteiger partial charge in [-0.25, -0.2) is 0 Å². The number of ether oxygens (including phenoxy) is 1. The molecule has 1 N–H and O–H groups in total. The molecule has 1 atom stereocenters. The fourth-order valence-corrected chi connectivity index (χ4v) is 2.41. The fraction of sp³-hybridized carbons (Fsp3) is 0.385. The smallest absolute Gasteiger partial charge is 0.119 e. The number of rotatable bonds is 4. The number of nitrogens with zero attached hydrogens (tertiary/aromatic N) is 2. The predicted molar refractivity (Wildman–Crippen MR) is 68.8 cm³/mol. The summed E-state index contributed by atoms with van der Waals surface area (Å²) >= 11 is 1.23. The molecular weight excluding hydrogens is 248 g/mol. The van der Waals surface area contributed by atoms with Gasteiger partial charge in [0.25, 0.3) is 0 Å². The van der Waals surface area contributed by atoms with Crippen molar-refractivity contribution in [3.63, 3.8) is 0 Å². The molecule has 1 aromatic heterocycles. The molecular formula is C13H14N2O2S. The van der Waals surface area contributed by atoms with Crippen molar-refractivity contribution in [2.45, 2.75) is 32.0 Å². The molecule has 0 bridgehead atoms. The first-order chi connectivity index (χ1) is 8.74. The van der Waals surface area contributed by atoms with Crippen molar-refractivity contribution in [1.29, 1.82) is 0 Å². The van der Waals surface area contributed by atoms with Crippen molar-refractivity contribution in [2.75, 3.05) is 0 Å². The molecule has 3 rings (SSSR count). The third-order valence-corrected chi connectivity index (χ3v) is 3.84. The fourth-order valence-electron chi connectivity index (χ4n) is 1.75. The van der Waals surface area contributed by atoms with Crippen LogP contribution in [0.3, 0.4) is 0 Å². The van der Waals surface area contributed by atoms with Gasteiger partial charge in [-0.15, -0.1) is 5.10 Å². The van der Waals surface area contributed by atoms with Crippen LogP contribution in [0.4, 0.5) is 0 Å². The van der Waals surface area contributed by atoms with Crippen LogP contribution in [0, 0.1) is 6.92 Å². The van der Waals surface area contributed by atoms with E-state index in [9.17, 15) is 5.11 Å². The maximum atomic E-state index is 10.2. The van der Waals surface area contributed by atoms with Crippen LogP contribution in [0.5, 0.6) is 5.75 Å². The zero-order valence-electron chi connectivity index (χ0n) is 10.0. The third kappa shape index (κ3) is 2.37. The SMILES string of the molecule is Cc1nnsc1C(O)c1ccc(OC2CC2)cc1. The van der Waals surface area contributed by atoms with Crippen molar-refractivity contribution < 1.29 is 9.84 Å². The molecule has 0 aliphatic heterocycles. The molecule has 1 heterocycles. The Morgan fingerprint density at radius 1 is 1.33 bits per heavy atom. The molecule has 1 fully saturated rings. The summed E-state index contributed by atoms with van der Waals surface area (Å²) in [7, 11) is 0. The second-order valence-corrected chi connectivity index (χ2v) is 5.30. The van der Waals surface area contributed by atoms with Gasteiger partial charge in [0.05, 0.1) is 16.7 Å². The van der Waals surface area contributed by atoms with E-state index >= 15 is 0 Å². The van der Waals surface area contributed by atoms with Crippen LogP contribution in [0.2, 0.25) is 0 Å². The van der Waals surface area contributed by atoms with Crippen LogP contribution in [-0.2, 0) is 0 Å². The van der Waals surface area contributed by atoms with E-state index in [1.807, 2.05) is 31.2 Å². The Labute approximate surface area is 109 Å². The van der Waals surface area contributed by atoms with Crippen LogP contribution in [0.1, 0.15) is 35.1 Å². The predicted octanol–water partition coefficient (Wildman–Crippen LogP) is 2.47. The number of aliphatic hydroxyl groups is 1. The van der Waals surface area contributed by atoms with E-state index in [2.05, 4.69) is 9.59 Å². The Kier molecular flexibility index (Phi) is 3.01. The first kappa shape index (κ1) is 11.6. The molecule has 1 saturated carbocycles. The van der Waals surface area contributed by atoms with Gasteiger partial charge in [-0.1, -0.05) is 16.6 Å². The van der Waals surface area contributed by atoms with Gasteiger partial charge < -0.3 is 9.84 Å². The number of aryl methyl sites for hydroxylation is 1. The Morgan fingerprint density at radius 2 is 2.06 bits per heavy atom. The van der Waals surface area contributed by atoms with Crippen molar-refractivity contribution in [2.24, 2.45) is 0 Å². The molecule has 5 heteroatoms. The minimum absolute atomic E-state index is 0.397. The molecule has 0 spiro atoms. The monoisotopic (exact) mass is 262 g/mol. The zero-order valence-corrected chi connectivity index (χ0v) is 10.9. The molecule has 0 amide bonds. The highest BCUT2D eigenvalue weighted by Crippen LogP contribution is 2.30. The lowest BCUT2D eigenvalue weighted by molar-refractivity contribution is 0.223. The number of aromatic nitrogens is 2. The lowest BCUT2D eigenvalue weighted by Crippen LogP contribution is -2.00. The third-order valence-electron chi connectivity index (χ3n) is 2.96. The minimum Gasteiger partial charge on any atom is -0.490 e. The molecule has 1 aromatic carbocycles. The normalized spacial score (nSPS) is 16.6. The Bertz CT molecular complexity index is 534. The van der Waals surface area contributed by atoms with E-state index < -0.39 is 6.10 Å². The van der Waals surface area contributed by atoms with E-state index in [1.54, 1.807) is 0 Å². The summed E-state index contributed by atoms with van der Waals surface area (Å²) in [6.07, 6.45) is 2.04. The topological polar surface area (TPSA) is 55.2 Å². The molecule has 1 aliphatic carbocycles. The summed E-state index contributed by atoms with van der Waals surface area (Å²) in [6, 6.07) is 7.59. The molecule has 1 unspecified atom stereocenters. The van der Waals surface area contributed by atoms with Crippen LogP contribution >= 0.6 is 11.5 Å². The van der Waals surface area contributed by atoms with Crippen LogP contribution in [0.25, 0.3) is 0 Å². The molecule has 94 valence electrons. The summed E-state index contributed by atoms with van der Waals surface area (Å²) in [5.41, 5.74) is 1.62. The summed E-state index contributed by atoms with van der Waals surface area (Å²) in [5.74, 6) is 0.868. The summed E-state index contributed by atoms with van der Waals surface area (Å²) in [4.78, 5) is 0.797. The molecule has 1 aliphatic rings. The highest BCUT2D eigenvalue weighted by atomic mass is 32.1. The van der Waals surface area contributed by atoms with Crippen molar-refractivity contribution in [1.82, 2.24) is 9.59 Å². The van der Waals surface area contributed by atoms with Crippen molar-refractivity contribution in [3.8, 4) is 5.75 Å². The number of hydrogen-bond acceptors (Lipinski definition) is 5. The summed E-state index contributed by atoms with van der Waals surface area (Å²) < 4.78 is 9.51. The lowest BCUT2D eigenvalue weighted by Gasteiger charge is -2.10. The van der Waals surface area contributed by atoms with E-state index in [1.165, 1.54) is 11.5 Å². The quantitative estimate of drug-likeness (QED) is 0.919. The molecule has 2 aromatic rings. The second kappa shape index (κ2) is 4.66.